The lowest BCUT2D eigenvalue weighted by Gasteiger charge is -2.12. The molecule has 0 N–H and O–H groups in total. The normalized spacial score (nSPS) is 11.2. The molecule has 0 fully saturated rings. The minimum atomic E-state index is 0.726. The van der Waals surface area contributed by atoms with Gasteiger partial charge in [-0.05, 0) is 87.5 Å². The van der Waals surface area contributed by atoms with Gasteiger partial charge in [0.25, 0.3) is 5.82 Å². The Hall–Kier alpha value is -2.35. The van der Waals surface area contributed by atoms with Crippen LogP contribution >= 0.6 is 0 Å². The fourth-order valence-corrected chi connectivity index (χ4v) is 5.79. The zero-order chi connectivity index (χ0) is 28.9. The van der Waals surface area contributed by atoms with Crippen molar-refractivity contribution in [3.63, 3.8) is 0 Å². The molecule has 1 aromatic heterocycles. The summed E-state index contributed by atoms with van der Waals surface area (Å²) in [7, 11) is 0. The summed E-state index contributed by atoms with van der Waals surface area (Å²) >= 11 is 0. The number of imidazole rings is 1. The highest BCUT2D eigenvalue weighted by molar-refractivity contribution is 5.64. The van der Waals surface area contributed by atoms with Crippen LogP contribution in [-0.4, -0.2) is 4.57 Å². The number of aryl methyl sites for hydroxylation is 4. The van der Waals surface area contributed by atoms with Gasteiger partial charge >= 0.3 is 0 Å². The van der Waals surface area contributed by atoms with Crippen molar-refractivity contribution in [2.45, 2.75) is 140 Å². The number of hydrogen-bond donors (Lipinski definition) is 0. The third-order valence-electron chi connectivity index (χ3n) is 7.74. The van der Waals surface area contributed by atoms with Gasteiger partial charge in [0.2, 0.25) is 0 Å². The van der Waals surface area contributed by atoms with Gasteiger partial charge in [-0.25, -0.2) is 9.13 Å². The van der Waals surface area contributed by atoms with E-state index in [1.54, 1.807) is 0 Å². The Kier molecular flexibility index (Phi) is 14.1. The maximum Gasteiger partial charge on any atom is 0.289 e. The Morgan fingerprint density at radius 1 is 0.744 bits per heavy atom. The van der Waals surface area contributed by atoms with E-state index in [0.717, 1.165) is 19.0 Å². The van der Waals surface area contributed by atoms with E-state index in [4.69, 9.17) is 0 Å². The fraction of sp³-hybridized carbons (Fsp3) is 0.595. The van der Waals surface area contributed by atoms with Gasteiger partial charge < -0.3 is 0 Å². The van der Waals surface area contributed by atoms with Gasteiger partial charge in [-0.1, -0.05) is 95.8 Å². The molecule has 0 aliphatic heterocycles. The van der Waals surface area contributed by atoms with Crippen LogP contribution in [0.25, 0.3) is 11.4 Å². The van der Waals surface area contributed by atoms with Crippen molar-refractivity contribution < 1.29 is 4.57 Å². The quantitative estimate of drug-likeness (QED) is 0.153. The lowest BCUT2D eigenvalue weighted by atomic mass is 9.98. The van der Waals surface area contributed by atoms with Crippen molar-refractivity contribution >= 4 is 0 Å². The van der Waals surface area contributed by atoms with E-state index in [-0.39, 0.29) is 0 Å². The third-order valence-corrected chi connectivity index (χ3v) is 7.74. The molecule has 0 amide bonds. The van der Waals surface area contributed by atoms with Crippen molar-refractivity contribution in [3.05, 3.63) is 75.6 Å². The Morgan fingerprint density at radius 3 is 1.87 bits per heavy atom. The van der Waals surface area contributed by atoms with Crippen LogP contribution in [0.4, 0.5) is 0 Å². The van der Waals surface area contributed by atoms with E-state index >= 15 is 0 Å². The molecule has 0 atom stereocenters. The number of rotatable bonds is 13. The number of nitrogens with zero attached hydrogens (tertiary/aromatic N) is 2. The molecule has 2 heteroatoms. The maximum atomic E-state index is 2.63. The van der Waals surface area contributed by atoms with E-state index < -0.39 is 0 Å². The van der Waals surface area contributed by atoms with Crippen molar-refractivity contribution in [2.24, 2.45) is 5.92 Å². The van der Waals surface area contributed by atoms with Crippen LogP contribution < -0.4 is 4.57 Å². The molecule has 0 saturated heterocycles. The third kappa shape index (κ3) is 9.66. The molecule has 0 aliphatic rings. The first-order valence-corrected chi connectivity index (χ1v) is 15.9. The highest BCUT2D eigenvalue weighted by Crippen LogP contribution is 2.29. The van der Waals surface area contributed by atoms with E-state index in [1.807, 2.05) is 0 Å². The first-order valence-electron chi connectivity index (χ1n) is 15.9. The van der Waals surface area contributed by atoms with E-state index in [1.165, 1.54) is 108 Å². The fourth-order valence-electron chi connectivity index (χ4n) is 5.79. The number of aromatic nitrogens is 2. The van der Waals surface area contributed by atoms with Gasteiger partial charge in [-0.2, -0.15) is 0 Å². The minimum Gasteiger partial charge on any atom is -0.227 e. The molecule has 216 valence electrons. The molecular weight excluding hydrogens is 472 g/mol. The van der Waals surface area contributed by atoms with Gasteiger partial charge in [0, 0.05) is 13.8 Å². The number of hydrogen-bond acceptors (Lipinski definition) is 0. The lowest BCUT2D eigenvalue weighted by molar-refractivity contribution is -0.691. The van der Waals surface area contributed by atoms with Gasteiger partial charge in [0.15, 0.2) is 0 Å². The second kappa shape index (κ2) is 16.7. The molecule has 3 aromatic rings. The molecule has 2 aromatic carbocycles. The number of benzene rings is 2. The summed E-state index contributed by atoms with van der Waals surface area (Å²) in [5, 5.41) is 0. The van der Waals surface area contributed by atoms with Crippen LogP contribution in [0, 0.1) is 40.5 Å². The molecule has 3 rings (SSSR count). The van der Waals surface area contributed by atoms with Gasteiger partial charge in [-0.15, -0.1) is 0 Å². The average molecular weight is 532 g/mol. The molecule has 2 nitrogen and oxygen atoms in total. The average Bonchev–Trinajstić information content (AvgIpc) is 3.09. The van der Waals surface area contributed by atoms with Crippen LogP contribution in [0.5, 0.6) is 0 Å². The zero-order valence-electron chi connectivity index (χ0n) is 27.2. The largest absolute Gasteiger partial charge is 0.289 e. The Balaban J connectivity index is 0.00000170. The SMILES string of the molecule is CCC.CCCCn1c(C)c(C)[n+](CCCCCCc2ccc(CC(C)C)cc2)c1-c1c(C)cc(C)cc1C. The molecule has 1 heterocycles. The van der Waals surface area contributed by atoms with Crippen molar-refractivity contribution in [1.29, 1.82) is 0 Å². The van der Waals surface area contributed by atoms with Crippen LogP contribution in [0.3, 0.4) is 0 Å². The highest BCUT2D eigenvalue weighted by atomic mass is 15.2. The number of unbranched alkanes of at least 4 members (excludes halogenated alkanes) is 4. The summed E-state index contributed by atoms with van der Waals surface area (Å²) in [6.07, 6.45) is 11.2. The summed E-state index contributed by atoms with van der Waals surface area (Å²) < 4.78 is 5.23. The summed E-state index contributed by atoms with van der Waals surface area (Å²) in [6.45, 7) is 24.8. The topological polar surface area (TPSA) is 8.81 Å². The van der Waals surface area contributed by atoms with Crippen molar-refractivity contribution in [2.75, 3.05) is 0 Å². The second-order valence-electron chi connectivity index (χ2n) is 12.2. The predicted molar refractivity (Wildman–Crippen MR) is 172 cm³/mol. The Morgan fingerprint density at radius 2 is 1.31 bits per heavy atom. The smallest absolute Gasteiger partial charge is 0.227 e. The minimum absolute atomic E-state index is 0.726. The first-order chi connectivity index (χ1) is 18.6. The summed E-state index contributed by atoms with van der Waals surface area (Å²) in [4.78, 5) is 0. The summed E-state index contributed by atoms with van der Waals surface area (Å²) in [5.74, 6) is 2.15. The monoisotopic (exact) mass is 531 g/mol. The second-order valence-corrected chi connectivity index (χ2v) is 12.2. The van der Waals surface area contributed by atoms with Crippen molar-refractivity contribution in [3.8, 4) is 11.4 Å². The first kappa shape index (κ1) is 32.9. The summed E-state index contributed by atoms with van der Waals surface area (Å²) in [5.41, 5.74) is 11.4. The van der Waals surface area contributed by atoms with Gasteiger partial charge in [0.05, 0.1) is 18.7 Å². The van der Waals surface area contributed by atoms with E-state index in [0.29, 0.717) is 0 Å². The maximum absolute atomic E-state index is 2.63. The molecule has 0 spiro atoms. The molecule has 0 saturated carbocycles. The van der Waals surface area contributed by atoms with Gasteiger partial charge in [-0.3, -0.25) is 0 Å². The molecule has 39 heavy (non-hydrogen) atoms. The van der Waals surface area contributed by atoms with Crippen LogP contribution in [0.1, 0.15) is 119 Å². The Bertz CT molecular complexity index is 1110. The molecule has 0 aliphatic carbocycles. The highest BCUT2D eigenvalue weighted by Gasteiger charge is 2.28. The van der Waals surface area contributed by atoms with Gasteiger partial charge in [0.1, 0.15) is 11.4 Å². The van der Waals surface area contributed by atoms with E-state index in [2.05, 4.69) is 115 Å². The molecule has 0 bridgehead atoms. The van der Waals surface area contributed by atoms with Crippen LogP contribution in [0.15, 0.2) is 36.4 Å². The predicted octanol–water partition coefficient (Wildman–Crippen LogP) is 10.2. The van der Waals surface area contributed by atoms with E-state index in [9.17, 15) is 0 Å². The van der Waals surface area contributed by atoms with Crippen LogP contribution in [-0.2, 0) is 25.9 Å². The summed E-state index contributed by atoms with van der Waals surface area (Å²) in [6, 6.07) is 14.1. The van der Waals surface area contributed by atoms with Crippen LogP contribution in [0.2, 0.25) is 0 Å². The zero-order valence-corrected chi connectivity index (χ0v) is 27.2. The van der Waals surface area contributed by atoms with Crippen molar-refractivity contribution in [1.82, 2.24) is 4.57 Å². The lowest BCUT2D eigenvalue weighted by Crippen LogP contribution is -2.38. The Labute approximate surface area is 241 Å². The molecule has 0 unspecified atom stereocenters. The standard InChI is InChI=1S/C34H51N2.C3H8/c1-9-10-20-35-29(7)30(8)36(34(35)33-27(5)23-26(4)24-28(33)6)21-14-12-11-13-15-31-16-18-32(19-17-31)22-25(2)3;1-3-2/h16-19,23-25H,9-15,20-22H2,1-8H3;3H2,1-2H3/q+1;. The molecule has 0 radical (unpaired) electrons. The molecular formula is C37H59N2+.